The minimum Gasteiger partial charge on any atom is -0.445 e. The number of carbonyl (C=O) groups is 1. The highest BCUT2D eigenvalue weighted by molar-refractivity contribution is 5.67. The number of carbonyl (C=O) groups excluding carboxylic acids is 1. The molecule has 0 radical (unpaired) electrons. The molecule has 0 unspecified atom stereocenters. The van der Waals surface area contributed by atoms with Crippen molar-refractivity contribution in [1.82, 2.24) is 10.2 Å². The molecule has 1 N–H and O–H groups in total. The topological polar surface area (TPSA) is 41.6 Å². The van der Waals surface area contributed by atoms with E-state index in [1.165, 1.54) is 6.42 Å². The fraction of sp³-hybridized carbons (Fsp3) is 0.562. The molecule has 2 aliphatic heterocycles. The Labute approximate surface area is 120 Å². The molecule has 0 bridgehead atoms. The Morgan fingerprint density at radius 2 is 1.90 bits per heavy atom. The smallest absolute Gasteiger partial charge is 0.410 e. The molecular formula is C16H22N2O2. The lowest BCUT2D eigenvalue weighted by molar-refractivity contribution is 0.0738. The molecule has 0 aliphatic carbocycles. The number of benzene rings is 1. The van der Waals surface area contributed by atoms with Gasteiger partial charge in [-0.15, -0.1) is 0 Å². The first-order chi connectivity index (χ1) is 9.83. The summed E-state index contributed by atoms with van der Waals surface area (Å²) in [5, 5.41) is 3.47. The zero-order chi connectivity index (χ0) is 13.8. The van der Waals surface area contributed by atoms with Gasteiger partial charge in [0.25, 0.3) is 0 Å². The van der Waals surface area contributed by atoms with E-state index in [9.17, 15) is 4.79 Å². The van der Waals surface area contributed by atoms with E-state index in [0.717, 1.165) is 44.0 Å². The molecule has 4 heteroatoms. The van der Waals surface area contributed by atoms with Crippen LogP contribution in [0.2, 0.25) is 0 Å². The second kappa shape index (κ2) is 6.27. The number of hydrogen-bond acceptors (Lipinski definition) is 3. The van der Waals surface area contributed by atoms with Crippen molar-refractivity contribution in [3.05, 3.63) is 35.9 Å². The maximum Gasteiger partial charge on any atom is 0.410 e. The van der Waals surface area contributed by atoms with Gasteiger partial charge in [-0.1, -0.05) is 30.3 Å². The lowest BCUT2D eigenvalue weighted by Gasteiger charge is -2.40. The van der Waals surface area contributed by atoms with Gasteiger partial charge < -0.3 is 15.0 Å². The third-order valence-electron chi connectivity index (χ3n) is 4.43. The number of piperidine rings is 1. The predicted octanol–water partition coefficient (Wildman–Crippen LogP) is 2.40. The van der Waals surface area contributed by atoms with Gasteiger partial charge in [0.05, 0.1) is 0 Å². The third-order valence-corrected chi connectivity index (χ3v) is 4.43. The van der Waals surface area contributed by atoms with Gasteiger partial charge in [-0.05, 0) is 37.3 Å². The molecule has 0 spiro atoms. The second-order valence-corrected chi connectivity index (χ2v) is 5.71. The molecule has 2 fully saturated rings. The first-order valence-electron chi connectivity index (χ1n) is 7.52. The van der Waals surface area contributed by atoms with Gasteiger partial charge in [-0.25, -0.2) is 4.79 Å². The fourth-order valence-corrected chi connectivity index (χ4v) is 3.01. The van der Waals surface area contributed by atoms with Gasteiger partial charge in [-0.3, -0.25) is 0 Å². The molecule has 4 nitrogen and oxygen atoms in total. The average molecular weight is 274 g/mol. The fourth-order valence-electron chi connectivity index (χ4n) is 3.01. The van der Waals surface area contributed by atoms with E-state index in [2.05, 4.69) is 5.32 Å². The zero-order valence-electron chi connectivity index (χ0n) is 11.8. The highest BCUT2D eigenvalue weighted by atomic mass is 16.6. The van der Waals surface area contributed by atoms with Crippen molar-refractivity contribution in [3.63, 3.8) is 0 Å². The Kier molecular flexibility index (Phi) is 4.21. The summed E-state index contributed by atoms with van der Waals surface area (Å²) in [6.07, 6.45) is 3.31. The molecule has 1 atom stereocenters. The molecule has 0 saturated carbocycles. The van der Waals surface area contributed by atoms with Crippen LogP contribution in [-0.4, -0.2) is 36.7 Å². The lowest BCUT2D eigenvalue weighted by Crippen LogP contribution is -2.51. The molecule has 1 aromatic carbocycles. The summed E-state index contributed by atoms with van der Waals surface area (Å²) in [5.74, 6) is 0.738. The number of amides is 1. The number of ether oxygens (including phenoxy) is 1. The quantitative estimate of drug-likeness (QED) is 0.920. The zero-order valence-corrected chi connectivity index (χ0v) is 11.8. The highest BCUT2D eigenvalue weighted by Gasteiger charge is 2.31. The Bertz CT molecular complexity index is 437. The molecule has 3 rings (SSSR count). The Hall–Kier alpha value is -1.55. The predicted molar refractivity (Wildman–Crippen MR) is 77.3 cm³/mol. The third kappa shape index (κ3) is 3.12. The summed E-state index contributed by atoms with van der Waals surface area (Å²) in [7, 11) is 0. The number of nitrogens with zero attached hydrogens (tertiary/aromatic N) is 1. The molecule has 1 aromatic rings. The van der Waals surface area contributed by atoms with E-state index in [1.54, 1.807) is 0 Å². The minimum absolute atomic E-state index is 0.172. The maximum absolute atomic E-state index is 12.0. The average Bonchev–Trinajstić information content (AvgIpc) is 2.45. The Balaban J connectivity index is 1.42. The molecule has 20 heavy (non-hydrogen) atoms. The summed E-state index contributed by atoms with van der Waals surface area (Å²) < 4.78 is 5.37. The van der Waals surface area contributed by atoms with E-state index < -0.39 is 0 Å². The van der Waals surface area contributed by atoms with Crippen molar-refractivity contribution in [2.24, 2.45) is 5.92 Å². The second-order valence-electron chi connectivity index (χ2n) is 5.71. The Morgan fingerprint density at radius 3 is 2.50 bits per heavy atom. The normalized spacial score (nSPS) is 23.2. The van der Waals surface area contributed by atoms with Crippen LogP contribution < -0.4 is 5.32 Å². The van der Waals surface area contributed by atoms with Crippen LogP contribution in [0.15, 0.2) is 30.3 Å². The van der Waals surface area contributed by atoms with Crippen LogP contribution in [0.3, 0.4) is 0 Å². The summed E-state index contributed by atoms with van der Waals surface area (Å²) in [4.78, 5) is 13.9. The maximum atomic E-state index is 12.0. The first-order valence-corrected chi connectivity index (χ1v) is 7.52. The van der Waals surface area contributed by atoms with Crippen LogP contribution in [0.4, 0.5) is 4.79 Å². The van der Waals surface area contributed by atoms with Crippen molar-refractivity contribution >= 4 is 6.09 Å². The summed E-state index contributed by atoms with van der Waals surface area (Å²) >= 11 is 0. The number of rotatable bonds is 3. The molecule has 0 aromatic heterocycles. The van der Waals surface area contributed by atoms with Crippen molar-refractivity contribution in [1.29, 1.82) is 0 Å². The van der Waals surface area contributed by atoms with E-state index in [4.69, 9.17) is 4.74 Å². The monoisotopic (exact) mass is 274 g/mol. The SMILES string of the molecule is O=C(OCc1ccccc1)N1CCC([C@H]2CCN2)CC1. The van der Waals surface area contributed by atoms with Gasteiger partial charge in [0.15, 0.2) is 0 Å². The minimum atomic E-state index is -0.172. The van der Waals surface area contributed by atoms with Crippen LogP contribution in [0.25, 0.3) is 0 Å². The van der Waals surface area contributed by atoms with Crippen molar-refractivity contribution < 1.29 is 9.53 Å². The Morgan fingerprint density at radius 1 is 1.20 bits per heavy atom. The largest absolute Gasteiger partial charge is 0.445 e. The van der Waals surface area contributed by atoms with Crippen molar-refractivity contribution in [2.45, 2.75) is 31.9 Å². The number of nitrogens with one attached hydrogen (secondary N) is 1. The first kappa shape index (κ1) is 13.4. The van der Waals surface area contributed by atoms with E-state index in [-0.39, 0.29) is 6.09 Å². The summed E-state index contributed by atoms with van der Waals surface area (Å²) in [6.45, 7) is 3.18. The van der Waals surface area contributed by atoms with Crippen LogP contribution in [0, 0.1) is 5.92 Å². The molecule has 2 saturated heterocycles. The van der Waals surface area contributed by atoms with Crippen LogP contribution >= 0.6 is 0 Å². The molecular weight excluding hydrogens is 252 g/mol. The van der Waals surface area contributed by atoms with Gasteiger partial charge >= 0.3 is 6.09 Å². The van der Waals surface area contributed by atoms with Gasteiger partial charge in [-0.2, -0.15) is 0 Å². The van der Waals surface area contributed by atoms with Crippen molar-refractivity contribution in [2.75, 3.05) is 19.6 Å². The molecule has 2 heterocycles. The highest BCUT2D eigenvalue weighted by Crippen LogP contribution is 2.25. The van der Waals surface area contributed by atoms with E-state index in [1.807, 2.05) is 35.2 Å². The lowest BCUT2D eigenvalue weighted by atomic mass is 9.84. The van der Waals surface area contributed by atoms with E-state index >= 15 is 0 Å². The van der Waals surface area contributed by atoms with Gasteiger partial charge in [0.1, 0.15) is 6.61 Å². The van der Waals surface area contributed by atoms with E-state index in [0.29, 0.717) is 12.6 Å². The molecule has 2 aliphatic rings. The summed E-state index contributed by atoms with van der Waals surface area (Å²) in [6, 6.07) is 10.5. The van der Waals surface area contributed by atoms with Crippen molar-refractivity contribution in [3.8, 4) is 0 Å². The molecule has 108 valence electrons. The van der Waals surface area contributed by atoms with Crippen LogP contribution in [-0.2, 0) is 11.3 Å². The molecule has 1 amide bonds. The van der Waals surface area contributed by atoms with Crippen LogP contribution in [0.1, 0.15) is 24.8 Å². The number of likely N-dealkylation sites (tertiary alicyclic amines) is 1. The number of hydrogen-bond donors (Lipinski definition) is 1. The standard InChI is InChI=1S/C16H22N2O2/c19-16(20-12-13-4-2-1-3-5-13)18-10-7-14(8-11-18)15-6-9-17-15/h1-5,14-15,17H,6-12H2/t15-/m1/s1. The van der Waals surface area contributed by atoms with Crippen LogP contribution in [0.5, 0.6) is 0 Å². The van der Waals surface area contributed by atoms with Gasteiger partial charge in [0, 0.05) is 19.1 Å². The van der Waals surface area contributed by atoms with Gasteiger partial charge in [0.2, 0.25) is 0 Å². The summed E-state index contributed by atoms with van der Waals surface area (Å²) in [5.41, 5.74) is 1.04.